The van der Waals surface area contributed by atoms with Crippen molar-refractivity contribution < 1.29 is 22.3 Å². The molecule has 0 bridgehead atoms. The van der Waals surface area contributed by atoms with Crippen molar-refractivity contribution in [1.82, 2.24) is 9.29 Å². The molecule has 2 aliphatic heterocycles. The van der Waals surface area contributed by atoms with Gasteiger partial charge in [0.05, 0.1) is 4.90 Å². The van der Waals surface area contributed by atoms with E-state index in [-0.39, 0.29) is 10.8 Å². The van der Waals surface area contributed by atoms with Crippen LogP contribution in [-0.2, 0) is 10.0 Å². The van der Waals surface area contributed by atoms with Gasteiger partial charge in [-0.25, -0.2) is 13.4 Å². The zero-order chi connectivity index (χ0) is 19.1. The highest BCUT2D eigenvalue weighted by Gasteiger charge is 2.32. The number of rotatable bonds is 3. The molecule has 0 N–H and O–H groups in total. The number of sulfonamides is 1. The molecule has 0 amide bonds. The molecule has 28 heavy (non-hydrogen) atoms. The fourth-order valence-electron chi connectivity index (χ4n) is 3.74. The molecule has 1 fully saturated rings. The topological polar surface area (TPSA) is 81.9 Å². The predicted octanol–water partition coefficient (Wildman–Crippen LogP) is 3.17. The first-order valence-electron chi connectivity index (χ1n) is 9.36. The van der Waals surface area contributed by atoms with E-state index in [4.69, 9.17) is 13.9 Å². The second-order valence-electron chi connectivity index (χ2n) is 7.00. The zero-order valence-electron chi connectivity index (χ0n) is 15.2. The van der Waals surface area contributed by atoms with E-state index in [2.05, 4.69) is 4.98 Å². The molecule has 3 aromatic rings. The van der Waals surface area contributed by atoms with Gasteiger partial charge in [0.15, 0.2) is 23.0 Å². The highest BCUT2D eigenvalue weighted by molar-refractivity contribution is 7.89. The van der Waals surface area contributed by atoms with Crippen molar-refractivity contribution in [3.05, 3.63) is 48.4 Å². The molecular formula is C20H20N2O5S. The summed E-state index contributed by atoms with van der Waals surface area (Å²) >= 11 is 0. The number of nitrogens with zero attached hydrogens (tertiary/aromatic N) is 2. The maximum atomic E-state index is 13.0. The van der Waals surface area contributed by atoms with E-state index in [1.165, 1.54) is 4.31 Å². The average Bonchev–Trinajstić information content (AvgIpc) is 3.18. The Morgan fingerprint density at radius 3 is 2.50 bits per heavy atom. The third kappa shape index (κ3) is 3.02. The molecule has 3 heterocycles. The second-order valence-corrected chi connectivity index (χ2v) is 8.94. The van der Waals surface area contributed by atoms with Gasteiger partial charge in [-0.2, -0.15) is 4.31 Å². The summed E-state index contributed by atoms with van der Waals surface area (Å²) in [7, 11) is -3.58. The summed E-state index contributed by atoms with van der Waals surface area (Å²) in [6.07, 6.45) is 1.35. The van der Waals surface area contributed by atoms with Gasteiger partial charge in [-0.1, -0.05) is 12.1 Å². The highest BCUT2D eigenvalue weighted by atomic mass is 32.2. The third-order valence-electron chi connectivity index (χ3n) is 5.27. The van der Waals surface area contributed by atoms with Crippen molar-refractivity contribution in [2.75, 3.05) is 26.3 Å². The maximum Gasteiger partial charge on any atom is 0.243 e. The number of para-hydroxylation sites is 2. The van der Waals surface area contributed by atoms with Crippen molar-refractivity contribution in [2.24, 2.45) is 0 Å². The van der Waals surface area contributed by atoms with Crippen LogP contribution in [0.1, 0.15) is 24.7 Å². The summed E-state index contributed by atoms with van der Waals surface area (Å²) in [6.45, 7) is 1.76. The lowest BCUT2D eigenvalue weighted by atomic mass is 9.98. The Morgan fingerprint density at radius 1 is 0.964 bits per heavy atom. The minimum atomic E-state index is -3.58. The fourth-order valence-corrected chi connectivity index (χ4v) is 5.23. The lowest BCUT2D eigenvalue weighted by Gasteiger charge is -2.30. The van der Waals surface area contributed by atoms with Crippen molar-refractivity contribution in [3.8, 4) is 11.5 Å². The van der Waals surface area contributed by atoms with Crippen molar-refractivity contribution in [2.45, 2.75) is 23.7 Å². The molecule has 2 aliphatic rings. The van der Waals surface area contributed by atoms with Crippen LogP contribution in [0.3, 0.4) is 0 Å². The third-order valence-corrected chi connectivity index (χ3v) is 7.16. The van der Waals surface area contributed by atoms with Crippen LogP contribution in [0, 0.1) is 0 Å². The maximum absolute atomic E-state index is 13.0. The summed E-state index contributed by atoms with van der Waals surface area (Å²) in [4.78, 5) is 4.80. The molecule has 1 aromatic heterocycles. The summed E-state index contributed by atoms with van der Waals surface area (Å²) in [6, 6.07) is 12.5. The normalized spacial score (nSPS) is 18.4. The summed E-state index contributed by atoms with van der Waals surface area (Å²) in [5.41, 5.74) is 1.60. The molecule has 0 spiro atoms. The standard InChI is InChI=1S/C20H20N2O5S/c23-28(24,15-5-6-18-19(13-15)26-12-11-25-18)22-9-7-14(8-10-22)20-21-16-3-1-2-4-17(16)27-20/h1-6,13-14H,7-12H2. The van der Waals surface area contributed by atoms with E-state index in [1.807, 2.05) is 24.3 Å². The van der Waals surface area contributed by atoms with E-state index < -0.39 is 10.0 Å². The molecule has 0 aliphatic carbocycles. The van der Waals surface area contributed by atoms with Crippen LogP contribution in [0.15, 0.2) is 51.8 Å². The minimum Gasteiger partial charge on any atom is -0.486 e. The van der Waals surface area contributed by atoms with Crippen LogP contribution < -0.4 is 9.47 Å². The molecular weight excluding hydrogens is 380 g/mol. The lowest BCUT2D eigenvalue weighted by molar-refractivity contribution is 0.171. The van der Waals surface area contributed by atoms with Gasteiger partial charge in [0, 0.05) is 25.1 Å². The first-order chi connectivity index (χ1) is 13.6. The monoisotopic (exact) mass is 400 g/mol. The van der Waals surface area contributed by atoms with Crippen LogP contribution in [-0.4, -0.2) is 44.0 Å². The number of oxazole rings is 1. The number of hydrogen-bond acceptors (Lipinski definition) is 6. The van der Waals surface area contributed by atoms with Gasteiger partial charge >= 0.3 is 0 Å². The Hall–Kier alpha value is -2.58. The highest BCUT2D eigenvalue weighted by Crippen LogP contribution is 2.35. The fraction of sp³-hybridized carbons (Fsp3) is 0.350. The average molecular weight is 400 g/mol. The van der Waals surface area contributed by atoms with Gasteiger partial charge in [0.2, 0.25) is 10.0 Å². The number of fused-ring (bicyclic) bond motifs is 2. The Labute approximate surface area is 162 Å². The first-order valence-corrected chi connectivity index (χ1v) is 10.8. The number of aromatic nitrogens is 1. The van der Waals surface area contributed by atoms with Gasteiger partial charge in [-0.15, -0.1) is 0 Å². The van der Waals surface area contributed by atoms with Gasteiger partial charge in [-0.05, 0) is 37.1 Å². The van der Waals surface area contributed by atoms with Crippen molar-refractivity contribution >= 4 is 21.1 Å². The number of ether oxygens (including phenoxy) is 2. The molecule has 8 heteroatoms. The number of hydrogen-bond donors (Lipinski definition) is 0. The summed E-state index contributed by atoms with van der Waals surface area (Å²) in [5.74, 6) is 1.88. The van der Waals surface area contributed by atoms with Gasteiger partial charge in [0.25, 0.3) is 0 Å². The van der Waals surface area contributed by atoms with Crippen molar-refractivity contribution in [1.29, 1.82) is 0 Å². The van der Waals surface area contributed by atoms with E-state index in [1.54, 1.807) is 18.2 Å². The van der Waals surface area contributed by atoms with Gasteiger partial charge < -0.3 is 13.9 Å². The Balaban J connectivity index is 1.33. The molecule has 0 atom stereocenters. The van der Waals surface area contributed by atoms with E-state index in [9.17, 15) is 8.42 Å². The molecule has 146 valence electrons. The molecule has 2 aromatic carbocycles. The number of benzene rings is 2. The van der Waals surface area contributed by atoms with Crippen LogP contribution >= 0.6 is 0 Å². The molecule has 0 saturated carbocycles. The Kier molecular flexibility index (Phi) is 4.25. The second kappa shape index (κ2) is 6.79. The summed E-state index contributed by atoms with van der Waals surface area (Å²) < 4.78 is 44.5. The zero-order valence-corrected chi connectivity index (χ0v) is 16.0. The lowest BCUT2D eigenvalue weighted by Crippen LogP contribution is -2.38. The van der Waals surface area contributed by atoms with Crippen LogP contribution in [0.4, 0.5) is 0 Å². The Bertz CT molecular complexity index is 1080. The van der Waals surface area contributed by atoms with Crippen LogP contribution in [0.2, 0.25) is 0 Å². The SMILES string of the molecule is O=S(=O)(c1ccc2c(c1)OCCO2)N1CCC(c2nc3ccccc3o2)CC1. The number of piperidine rings is 1. The van der Waals surface area contributed by atoms with E-state index in [0.29, 0.717) is 56.5 Å². The quantitative estimate of drug-likeness (QED) is 0.672. The van der Waals surface area contributed by atoms with Crippen LogP contribution in [0.25, 0.3) is 11.1 Å². The van der Waals surface area contributed by atoms with Crippen LogP contribution in [0.5, 0.6) is 11.5 Å². The van der Waals surface area contributed by atoms with Crippen molar-refractivity contribution in [3.63, 3.8) is 0 Å². The molecule has 7 nitrogen and oxygen atoms in total. The minimum absolute atomic E-state index is 0.124. The van der Waals surface area contributed by atoms with Gasteiger partial charge in [0.1, 0.15) is 18.7 Å². The summed E-state index contributed by atoms with van der Waals surface area (Å²) in [5, 5.41) is 0. The van der Waals surface area contributed by atoms with Gasteiger partial charge in [-0.3, -0.25) is 0 Å². The molecule has 0 unspecified atom stereocenters. The molecule has 1 saturated heterocycles. The molecule has 5 rings (SSSR count). The predicted molar refractivity (Wildman–Crippen MR) is 102 cm³/mol. The Morgan fingerprint density at radius 2 is 1.71 bits per heavy atom. The van der Waals surface area contributed by atoms with E-state index in [0.717, 1.165) is 11.1 Å². The largest absolute Gasteiger partial charge is 0.486 e. The van der Waals surface area contributed by atoms with E-state index >= 15 is 0 Å². The first kappa shape index (κ1) is 17.5. The smallest absolute Gasteiger partial charge is 0.243 e. The molecule has 0 radical (unpaired) electrons.